The molecular weight excluding hydrogens is 198 g/mol. The van der Waals surface area contributed by atoms with Crippen LogP contribution in [0.2, 0.25) is 0 Å². The van der Waals surface area contributed by atoms with Crippen LogP contribution in [0.4, 0.5) is 13.2 Å². The number of hydrogen-bond donors (Lipinski definition) is 2. The van der Waals surface area contributed by atoms with E-state index in [0.717, 1.165) is 6.08 Å². The highest BCUT2D eigenvalue weighted by Gasteiger charge is 2.49. The van der Waals surface area contributed by atoms with Crippen molar-refractivity contribution in [2.75, 3.05) is 6.54 Å². The molecule has 1 unspecified atom stereocenters. The monoisotopic (exact) mass is 205 g/mol. The zero-order chi connectivity index (χ0) is 11.0. The van der Waals surface area contributed by atoms with E-state index in [1.807, 2.05) is 0 Å². The van der Waals surface area contributed by atoms with Gasteiger partial charge in [-0.3, -0.25) is 4.79 Å². The summed E-state index contributed by atoms with van der Waals surface area (Å²) in [7, 11) is 4.66. The first-order valence-electron chi connectivity index (χ1n) is 3.77. The largest absolute Gasteiger partial charge is 0.408 e. The molecule has 1 rings (SSSR count). The van der Waals surface area contributed by atoms with Crippen LogP contribution in [0.25, 0.3) is 0 Å². The first-order chi connectivity index (χ1) is 6.22. The third-order valence-electron chi connectivity index (χ3n) is 1.78. The fraction of sp³-hybridized carbons (Fsp3) is 0.571. The van der Waals surface area contributed by atoms with E-state index in [9.17, 15) is 18.0 Å². The number of hydrogen-bond acceptors (Lipinski definition) is 3. The van der Waals surface area contributed by atoms with E-state index < -0.39 is 18.1 Å². The van der Waals surface area contributed by atoms with Crippen LogP contribution in [0.3, 0.4) is 0 Å². The maximum Gasteiger partial charge on any atom is 0.408 e. The molecule has 1 aliphatic rings. The van der Waals surface area contributed by atoms with Crippen molar-refractivity contribution in [1.29, 1.82) is 0 Å². The van der Waals surface area contributed by atoms with Crippen LogP contribution in [0.15, 0.2) is 11.8 Å². The van der Waals surface area contributed by atoms with E-state index in [1.54, 1.807) is 0 Å². The number of aliphatic hydroxyl groups is 1. The van der Waals surface area contributed by atoms with Crippen LogP contribution in [0.5, 0.6) is 0 Å². The SMILES string of the molecule is [B]C(O)(CC1=CC(=O)CN1)C(F)(F)F. The Hall–Kier alpha value is -0.975. The minimum Gasteiger partial charge on any atom is -0.390 e. The van der Waals surface area contributed by atoms with Crippen LogP contribution in [-0.2, 0) is 4.79 Å². The number of alkyl halides is 3. The van der Waals surface area contributed by atoms with Crippen LogP contribution < -0.4 is 5.32 Å². The molecule has 0 saturated heterocycles. The van der Waals surface area contributed by atoms with E-state index in [2.05, 4.69) is 13.2 Å². The van der Waals surface area contributed by atoms with E-state index in [0.29, 0.717) is 0 Å². The van der Waals surface area contributed by atoms with Crippen LogP contribution in [0, 0.1) is 0 Å². The molecule has 0 saturated carbocycles. The summed E-state index contributed by atoms with van der Waals surface area (Å²) in [5.74, 6) is -0.335. The molecule has 0 aromatic rings. The molecule has 14 heavy (non-hydrogen) atoms. The van der Waals surface area contributed by atoms with Crippen LogP contribution in [0.1, 0.15) is 6.42 Å². The van der Waals surface area contributed by atoms with Crippen molar-refractivity contribution in [3.8, 4) is 0 Å². The fourth-order valence-electron chi connectivity index (χ4n) is 1.00. The highest BCUT2D eigenvalue weighted by atomic mass is 19.4. The summed E-state index contributed by atoms with van der Waals surface area (Å²) in [5.41, 5.74) is -3.30. The first-order valence-corrected chi connectivity index (χ1v) is 3.77. The van der Waals surface area contributed by atoms with E-state index in [4.69, 9.17) is 5.11 Å². The van der Waals surface area contributed by atoms with Gasteiger partial charge in [-0.1, -0.05) is 0 Å². The maximum atomic E-state index is 12.1. The third kappa shape index (κ3) is 2.28. The van der Waals surface area contributed by atoms with Crippen molar-refractivity contribution in [3.63, 3.8) is 0 Å². The lowest BCUT2D eigenvalue weighted by atomic mass is 9.77. The van der Waals surface area contributed by atoms with Gasteiger partial charge >= 0.3 is 6.18 Å². The van der Waals surface area contributed by atoms with E-state index >= 15 is 0 Å². The third-order valence-corrected chi connectivity index (χ3v) is 1.78. The van der Waals surface area contributed by atoms with Crippen molar-refractivity contribution in [1.82, 2.24) is 5.32 Å². The van der Waals surface area contributed by atoms with E-state index in [-0.39, 0.29) is 18.0 Å². The fourth-order valence-corrected chi connectivity index (χ4v) is 1.00. The van der Waals surface area contributed by atoms with Gasteiger partial charge in [-0.15, -0.1) is 0 Å². The Morgan fingerprint density at radius 3 is 2.50 bits per heavy atom. The lowest BCUT2D eigenvalue weighted by Gasteiger charge is -2.27. The molecule has 0 fully saturated rings. The Kier molecular flexibility index (Phi) is 2.62. The van der Waals surface area contributed by atoms with Gasteiger partial charge in [0.1, 0.15) is 13.3 Å². The molecule has 0 bridgehead atoms. The number of halogens is 3. The average Bonchev–Trinajstić information content (AvgIpc) is 2.31. The first kappa shape index (κ1) is 11.1. The number of rotatable bonds is 2. The quantitative estimate of drug-likeness (QED) is 0.616. The number of nitrogens with one attached hydrogen (secondary N) is 1. The summed E-state index contributed by atoms with van der Waals surface area (Å²) in [6, 6.07) is 0. The number of carbonyl (C=O) groups is 1. The lowest BCUT2D eigenvalue weighted by molar-refractivity contribution is -0.223. The highest BCUT2D eigenvalue weighted by Crippen LogP contribution is 2.32. The molecule has 7 heteroatoms. The Bertz CT molecular complexity index is 285. The molecule has 0 amide bonds. The Morgan fingerprint density at radius 2 is 2.14 bits per heavy atom. The number of ketones is 1. The second-order valence-electron chi connectivity index (χ2n) is 3.09. The highest BCUT2D eigenvalue weighted by molar-refractivity contribution is 6.15. The van der Waals surface area contributed by atoms with Gasteiger partial charge in [0.2, 0.25) is 0 Å². The summed E-state index contributed by atoms with van der Waals surface area (Å²) in [4.78, 5) is 10.6. The molecule has 0 aromatic carbocycles. The molecule has 0 aliphatic carbocycles. The van der Waals surface area contributed by atoms with Gasteiger partial charge in [0.05, 0.1) is 6.54 Å². The van der Waals surface area contributed by atoms with Crippen LogP contribution >= 0.6 is 0 Å². The predicted octanol–water partition coefficient (Wildman–Crippen LogP) is -0.148. The van der Waals surface area contributed by atoms with Gasteiger partial charge in [0.25, 0.3) is 0 Å². The zero-order valence-electron chi connectivity index (χ0n) is 7.06. The van der Waals surface area contributed by atoms with Crippen LogP contribution in [-0.4, -0.2) is 37.0 Å². The summed E-state index contributed by atoms with van der Waals surface area (Å²) >= 11 is 0. The Balaban J connectivity index is 2.69. The van der Waals surface area contributed by atoms with Gasteiger partial charge in [-0.2, -0.15) is 13.2 Å². The van der Waals surface area contributed by atoms with Gasteiger partial charge in [-0.25, -0.2) is 0 Å². The molecule has 2 radical (unpaired) electrons. The maximum absolute atomic E-state index is 12.1. The molecule has 0 spiro atoms. The smallest absolute Gasteiger partial charge is 0.390 e. The normalized spacial score (nSPS) is 21.4. The molecule has 1 atom stereocenters. The lowest BCUT2D eigenvalue weighted by Crippen LogP contribution is -2.46. The zero-order valence-corrected chi connectivity index (χ0v) is 7.06. The molecule has 1 aliphatic heterocycles. The van der Waals surface area contributed by atoms with E-state index in [1.165, 1.54) is 0 Å². The summed E-state index contributed by atoms with van der Waals surface area (Å²) in [6.07, 6.45) is -4.76. The molecular formula is C7H7BF3NO2. The Labute approximate surface area is 79.4 Å². The predicted molar refractivity (Wildman–Crippen MR) is 42.5 cm³/mol. The van der Waals surface area contributed by atoms with Crippen molar-refractivity contribution >= 4 is 13.6 Å². The summed E-state index contributed by atoms with van der Waals surface area (Å²) < 4.78 is 36.2. The summed E-state index contributed by atoms with van der Waals surface area (Å²) in [5, 5.41) is 11.3. The van der Waals surface area contributed by atoms with Gasteiger partial charge < -0.3 is 10.4 Å². The second kappa shape index (κ2) is 3.31. The van der Waals surface area contributed by atoms with Gasteiger partial charge in [0.15, 0.2) is 5.78 Å². The minimum absolute atomic E-state index is 0.00248. The van der Waals surface area contributed by atoms with Gasteiger partial charge in [-0.05, 0) is 0 Å². The van der Waals surface area contributed by atoms with Crippen molar-refractivity contribution in [3.05, 3.63) is 11.8 Å². The molecule has 1 heterocycles. The second-order valence-corrected chi connectivity index (χ2v) is 3.09. The standard InChI is InChI=1S/C7H7BF3NO2/c8-6(14,7(9,10)11)2-4-1-5(13)3-12-4/h1,12,14H,2-3H2. The molecule has 76 valence electrons. The summed E-state index contributed by atoms with van der Waals surface area (Å²) in [6.45, 7) is -0.0523. The molecule has 3 nitrogen and oxygen atoms in total. The van der Waals surface area contributed by atoms with Crippen molar-refractivity contribution in [2.24, 2.45) is 0 Å². The Morgan fingerprint density at radius 1 is 1.57 bits per heavy atom. The van der Waals surface area contributed by atoms with Crippen molar-refractivity contribution in [2.45, 2.75) is 18.1 Å². The molecule has 2 N–H and O–H groups in total. The molecule has 0 aromatic heterocycles. The average molecular weight is 205 g/mol. The minimum atomic E-state index is -4.92. The van der Waals surface area contributed by atoms with Gasteiger partial charge in [0, 0.05) is 18.2 Å². The number of carbonyl (C=O) groups excluding carboxylic acids is 1. The topological polar surface area (TPSA) is 49.3 Å². The van der Waals surface area contributed by atoms with Crippen molar-refractivity contribution < 1.29 is 23.1 Å².